The van der Waals surface area contributed by atoms with E-state index in [0.717, 1.165) is 22.3 Å². The molecule has 5 rings (SSSR count). The van der Waals surface area contributed by atoms with E-state index in [2.05, 4.69) is 0 Å². The lowest BCUT2D eigenvalue weighted by atomic mass is 9.88. The summed E-state index contributed by atoms with van der Waals surface area (Å²) >= 11 is 1.41. The van der Waals surface area contributed by atoms with Gasteiger partial charge >= 0.3 is 11.9 Å². The van der Waals surface area contributed by atoms with Crippen molar-refractivity contribution in [3.05, 3.63) is 59.7 Å². The van der Waals surface area contributed by atoms with E-state index in [4.69, 9.17) is 10.5 Å². The number of ether oxygens (including phenoxy) is 1. The molecule has 7 nitrogen and oxygen atoms in total. The molecule has 0 bridgehead atoms. The normalized spacial score (nSPS) is 26.9. The number of esters is 1. The highest BCUT2D eigenvalue weighted by Crippen LogP contribution is 2.45. The average molecular weight is 439 g/mol. The number of carbonyl (C=O) groups excluding carboxylic acids is 2. The highest BCUT2D eigenvalue weighted by Gasteiger charge is 2.56. The second kappa shape index (κ2) is 7.39. The summed E-state index contributed by atoms with van der Waals surface area (Å²) in [5.74, 6) is -2.37. The van der Waals surface area contributed by atoms with Crippen LogP contribution < -0.4 is 5.73 Å². The van der Waals surface area contributed by atoms with Crippen LogP contribution in [0.1, 0.15) is 29.9 Å². The molecule has 3 atom stereocenters. The number of carboxylic acid groups (broad SMARTS) is 1. The number of hydrogen-bond acceptors (Lipinski definition) is 6. The van der Waals surface area contributed by atoms with E-state index >= 15 is 0 Å². The Labute approximate surface area is 183 Å². The highest BCUT2D eigenvalue weighted by molar-refractivity contribution is 8.00. The Morgan fingerprint density at radius 3 is 2.35 bits per heavy atom. The summed E-state index contributed by atoms with van der Waals surface area (Å²) in [6.07, 6.45) is 0.601. The maximum Gasteiger partial charge on any atom is 0.336 e. The van der Waals surface area contributed by atoms with Crippen LogP contribution in [-0.4, -0.2) is 57.2 Å². The van der Waals surface area contributed by atoms with Crippen LogP contribution in [0.5, 0.6) is 0 Å². The van der Waals surface area contributed by atoms with E-state index in [1.807, 2.05) is 48.5 Å². The molecular formula is C23H22N2O5S. The number of aliphatic carboxylic acids is 1. The van der Waals surface area contributed by atoms with Gasteiger partial charge in [0, 0.05) is 11.7 Å². The van der Waals surface area contributed by atoms with Crippen molar-refractivity contribution in [2.45, 2.75) is 35.7 Å². The van der Waals surface area contributed by atoms with E-state index in [0.29, 0.717) is 12.2 Å². The Kier molecular flexibility index (Phi) is 4.79. The molecule has 2 saturated heterocycles. The van der Waals surface area contributed by atoms with Gasteiger partial charge in [0.15, 0.2) is 5.54 Å². The van der Waals surface area contributed by atoms with Crippen LogP contribution in [0, 0.1) is 0 Å². The number of amides is 1. The van der Waals surface area contributed by atoms with Crippen molar-refractivity contribution in [3.8, 4) is 11.1 Å². The first-order valence-electron chi connectivity index (χ1n) is 10.2. The Balaban J connectivity index is 1.36. The fourth-order valence-corrected chi connectivity index (χ4v) is 6.25. The number of rotatable bonds is 4. The lowest BCUT2D eigenvalue weighted by molar-refractivity contribution is -0.165. The Morgan fingerprint density at radius 2 is 1.74 bits per heavy atom. The first kappa shape index (κ1) is 20.1. The van der Waals surface area contributed by atoms with Crippen LogP contribution in [0.15, 0.2) is 48.5 Å². The van der Waals surface area contributed by atoms with E-state index < -0.39 is 29.4 Å². The van der Waals surface area contributed by atoms with Crippen molar-refractivity contribution in [3.63, 3.8) is 0 Å². The lowest BCUT2D eigenvalue weighted by Gasteiger charge is -2.40. The van der Waals surface area contributed by atoms with Crippen LogP contribution >= 0.6 is 11.8 Å². The van der Waals surface area contributed by atoms with Gasteiger partial charge < -0.3 is 20.5 Å². The molecule has 2 aromatic carbocycles. The van der Waals surface area contributed by atoms with Gasteiger partial charge in [-0.25, -0.2) is 9.59 Å². The van der Waals surface area contributed by atoms with Crippen LogP contribution in [0.4, 0.5) is 0 Å². The van der Waals surface area contributed by atoms with Crippen molar-refractivity contribution in [1.82, 2.24) is 4.90 Å². The highest BCUT2D eigenvalue weighted by atomic mass is 32.2. The minimum atomic E-state index is -1.85. The smallest absolute Gasteiger partial charge is 0.336 e. The largest absolute Gasteiger partial charge is 0.480 e. The number of nitrogens with two attached hydrogens (primary N) is 1. The van der Waals surface area contributed by atoms with Gasteiger partial charge in [0.1, 0.15) is 12.6 Å². The minimum absolute atomic E-state index is 0.0691. The van der Waals surface area contributed by atoms with Gasteiger partial charge in [-0.1, -0.05) is 48.5 Å². The fraction of sp³-hybridized carbons (Fsp3) is 0.348. The molecule has 31 heavy (non-hydrogen) atoms. The molecule has 0 radical (unpaired) electrons. The van der Waals surface area contributed by atoms with Gasteiger partial charge in [0.2, 0.25) is 0 Å². The van der Waals surface area contributed by atoms with Crippen molar-refractivity contribution in [2.75, 3.05) is 12.4 Å². The summed E-state index contributed by atoms with van der Waals surface area (Å²) < 4.78 is 5.63. The molecule has 1 amide bonds. The first-order valence-corrected chi connectivity index (χ1v) is 11.3. The molecule has 3 N–H and O–H groups in total. The van der Waals surface area contributed by atoms with Crippen LogP contribution in [0.2, 0.25) is 0 Å². The van der Waals surface area contributed by atoms with E-state index in [-0.39, 0.29) is 24.3 Å². The zero-order chi connectivity index (χ0) is 21.8. The Hall–Kier alpha value is -2.84. The van der Waals surface area contributed by atoms with Crippen molar-refractivity contribution in [2.24, 2.45) is 5.73 Å². The summed E-state index contributed by atoms with van der Waals surface area (Å²) in [7, 11) is 0. The van der Waals surface area contributed by atoms with Crippen LogP contribution in [0.3, 0.4) is 0 Å². The minimum Gasteiger partial charge on any atom is -0.480 e. The molecule has 0 spiro atoms. The second-order valence-electron chi connectivity index (χ2n) is 8.19. The maximum absolute atomic E-state index is 13.1. The van der Waals surface area contributed by atoms with E-state index in [1.54, 1.807) is 0 Å². The molecule has 2 aliphatic heterocycles. The molecule has 160 valence electrons. The number of thioether (sulfide) groups is 1. The van der Waals surface area contributed by atoms with Crippen molar-refractivity contribution >= 4 is 29.6 Å². The van der Waals surface area contributed by atoms with Gasteiger partial charge in [-0.3, -0.25) is 4.79 Å². The third-order valence-electron chi connectivity index (χ3n) is 6.49. The van der Waals surface area contributed by atoms with Crippen LogP contribution in [-0.2, 0) is 19.1 Å². The molecule has 8 heteroatoms. The molecular weight excluding hydrogens is 416 g/mol. The van der Waals surface area contributed by atoms with Crippen LogP contribution in [0.25, 0.3) is 11.1 Å². The number of nitrogens with zero attached hydrogens (tertiary/aromatic N) is 1. The van der Waals surface area contributed by atoms with Gasteiger partial charge in [-0.15, -0.1) is 11.8 Å². The third kappa shape index (κ3) is 3.04. The molecule has 2 fully saturated rings. The molecule has 3 unspecified atom stereocenters. The summed E-state index contributed by atoms with van der Waals surface area (Å²) in [5, 5.41) is 9.19. The molecule has 0 aromatic heterocycles. The van der Waals surface area contributed by atoms with Crippen molar-refractivity contribution in [1.29, 1.82) is 0 Å². The second-order valence-corrected chi connectivity index (χ2v) is 9.40. The summed E-state index contributed by atoms with van der Waals surface area (Å²) in [5.41, 5.74) is 8.77. The zero-order valence-electron chi connectivity index (χ0n) is 16.7. The Bertz CT molecular complexity index is 1040. The summed E-state index contributed by atoms with van der Waals surface area (Å²) in [6.45, 7) is 0.0691. The molecule has 2 heterocycles. The maximum atomic E-state index is 13.1. The molecule has 0 saturated carbocycles. The lowest BCUT2D eigenvalue weighted by Crippen LogP contribution is -2.67. The number of hydrogen-bond donors (Lipinski definition) is 2. The standard InChI is InChI=1S/C23H22N2O5S/c24-23(10-9-19-25(21(23)28)18(12-31-19)20(26)27)22(29)30-11-17-15-7-3-1-5-13(15)14-6-2-4-8-16(14)17/h1-8,17-19H,9-12,24H2,(H,26,27). The van der Waals surface area contributed by atoms with Gasteiger partial charge in [-0.2, -0.15) is 0 Å². The monoisotopic (exact) mass is 438 g/mol. The predicted octanol–water partition coefficient (Wildman–Crippen LogP) is 2.19. The average Bonchev–Trinajstić information content (AvgIpc) is 3.35. The van der Waals surface area contributed by atoms with Crippen molar-refractivity contribution < 1.29 is 24.2 Å². The number of piperidine rings is 1. The van der Waals surface area contributed by atoms with Gasteiger partial charge in [0.05, 0.1) is 5.37 Å². The van der Waals surface area contributed by atoms with E-state index in [1.165, 1.54) is 16.7 Å². The van der Waals surface area contributed by atoms with Gasteiger partial charge in [0.25, 0.3) is 5.91 Å². The fourth-order valence-electron chi connectivity index (χ4n) is 4.85. The molecule has 3 aliphatic rings. The summed E-state index contributed by atoms with van der Waals surface area (Å²) in [6, 6.07) is 15.0. The van der Waals surface area contributed by atoms with E-state index in [9.17, 15) is 19.5 Å². The molecule has 1 aliphatic carbocycles. The number of carbonyl (C=O) groups is 3. The third-order valence-corrected chi connectivity index (χ3v) is 7.84. The first-order chi connectivity index (χ1) is 14.9. The number of benzene rings is 2. The zero-order valence-corrected chi connectivity index (χ0v) is 17.5. The SMILES string of the molecule is NC1(C(=O)OCC2c3ccccc3-c3ccccc32)CCC2SCC(C(=O)O)N2C1=O. The number of fused-ring (bicyclic) bond motifs is 4. The quantitative estimate of drug-likeness (QED) is 0.556. The number of carboxylic acids is 1. The van der Waals surface area contributed by atoms with Gasteiger partial charge in [-0.05, 0) is 35.1 Å². The Morgan fingerprint density at radius 1 is 1.13 bits per heavy atom. The summed E-state index contributed by atoms with van der Waals surface area (Å²) in [4.78, 5) is 38.9. The molecule has 2 aromatic rings. The predicted molar refractivity (Wildman–Crippen MR) is 115 cm³/mol. The topological polar surface area (TPSA) is 110 Å².